The van der Waals surface area contributed by atoms with Gasteiger partial charge in [-0.1, -0.05) is 0 Å². The zero-order valence-electron chi connectivity index (χ0n) is 8.53. The van der Waals surface area contributed by atoms with Crippen molar-refractivity contribution in [1.82, 2.24) is 0 Å². The number of hydrogen-bond donors (Lipinski definition) is 1. The van der Waals surface area contributed by atoms with Crippen LogP contribution in [0, 0.1) is 13.8 Å². The van der Waals surface area contributed by atoms with Crippen LogP contribution in [0.5, 0.6) is 0 Å². The summed E-state index contributed by atoms with van der Waals surface area (Å²) in [6.07, 6.45) is -0.722. The van der Waals surface area contributed by atoms with E-state index < -0.39 is 6.10 Å². The maximum Gasteiger partial charge on any atom is 0.308 e. The Labute approximate surface area is 87.3 Å². The first-order chi connectivity index (χ1) is 6.54. The highest BCUT2D eigenvalue weighted by atomic mass is 32.1. The van der Waals surface area contributed by atoms with E-state index in [1.807, 2.05) is 19.9 Å². The van der Waals surface area contributed by atoms with Gasteiger partial charge in [0.05, 0.1) is 19.6 Å². The van der Waals surface area contributed by atoms with Crippen LogP contribution in [-0.2, 0) is 9.53 Å². The average molecular weight is 214 g/mol. The first kappa shape index (κ1) is 11.2. The van der Waals surface area contributed by atoms with Crippen LogP contribution in [0.2, 0.25) is 0 Å². The van der Waals surface area contributed by atoms with Crippen molar-refractivity contribution in [2.45, 2.75) is 26.4 Å². The Balaban J connectivity index is 2.73. The lowest BCUT2D eigenvalue weighted by atomic mass is 10.1. The van der Waals surface area contributed by atoms with Crippen LogP contribution in [0.1, 0.15) is 27.8 Å². The molecule has 1 unspecified atom stereocenters. The second-order valence-corrected chi connectivity index (χ2v) is 4.63. The molecule has 1 rings (SSSR count). The van der Waals surface area contributed by atoms with E-state index in [9.17, 15) is 9.90 Å². The van der Waals surface area contributed by atoms with Gasteiger partial charge in [0, 0.05) is 9.75 Å². The number of aliphatic hydroxyl groups is 1. The van der Waals surface area contributed by atoms with Crippen LogP contribution in [0.25, 0.3) is 0 Å². The summed E-state index contributed by atoms with van der Waals surface area (Å²) in [7, 11) is 1.32. The number of aryl methyl sites for hydroxylation is 2. The van der Waals surface area contributed by atoms with E-state index in [-0.39, 0.29) is 12.4 Å². The number of esters is 1. The lowest BCUT2D eigenvalue weighted by molar-refractivity contribution is -0.142. The predicted molar refractivity (Wildman–Crippen MR) is 55.4 cm³/mol. The molecule has 0 bridgehead atoms. The van der Waals surface area contributed by atoms with E-state index in [0.29, 0.717) is 0 Å². The molecular weight excluding hydrogens is 200 g/mol. The Kier molecular flexibility index (Phi) is 3.66. The monoisotopic (exact) mass is 214 g/mol. The van der Waals surface area contributed by atoms with Crippen LogP contribution in [0.4, 0.5) is 0 Å². The molecule has 3 nitrogen and oxygen atoms in total. The van der Waals surface area contributed by atoms with E-state index >= 15 is 0 Å². The van der Waals surface area contributed by atoms with E-state index in [1.54, 1.807) is 11.3 Å². The first-order valence-electron chi connectivity index (χ1n) is 4.36. The van der Waals surface area contributed by atoms with Gasteiger partial charge in [-0.15, -0.1) is 11.3 Å². The van der Waals surface area contributed by atoms with Crippen molar-refractivity contribution in [3.05, 3.63) is 21.4 Å². The van der Waals surface area contributed by atoms with Gasteiger partial charge in [0.1, 0.15) is 0 Å². The predicted octanol–water partition coefficient (Wildman–Crippen LogP) is 1.96. The molecule has 0 fully saturated rings. The molecule has 0 radical (unpaired) electrons. The molecule has 14 heavy (non-hydrogen) atoms. The van der Waals surface area contributed by atoms with Crippen LogP contribution < -0.4 is 0 Å². The molecule has 0 aliphatic heterocycles. The highest BCUT2D eigenvalue weighted by Gasteiger charge is 2.16. The molecule has 78 valence electrons. The van der Waals surface area contributed by atoms with Crippen molar-refractivity contribution < 1.29 is 14.6 Å². The molecule has 1 aromatic heterocycles. The van der Waals surface area contributed by atoms with Crippen LogP contribution in [-0.4, -0.2) is 18.2 Å². The summed E-state index contributed by atoms with van der Waals surface area (Å²) in [4.78, 5) is 13.1. The van der Waals surface area contributed by atoms with Gasteiger partial charge in [-0.2, -0.15) is 0 Å². The second-order valence-electron chi connectivity index (χ2n) is 3.16. The minimum absolute atomic E-state index is 0.0213. The van der Waals surface area contributed by atoms with Gasteiger partial charge in [0.15, 0.2) is 0 Å². The van der Waals surface area contributed by atoms with Crippen molar-refractivity contribution in [2.75, 3.05) is 7.11 Å². The first-order valence-corrected chi connectivity index (χ1v) is 5.18. The van der Waals surface area contributed by atoms with E-state index in [1.165, 1.54) is 7.11 Å². The molecule has 0 saturated heterocycles. The fourth-order valence-electron chi connectivity index (χ4n) is 1.33. The van der Waals surface area contributed by atoms with Gasteiger partial charge in [-0.05, 0) is 25.5 Å². The molecule has 1 heterocycles. The van der Waals surface area contributed by atoms with Crippen molar-refractivity contribution >= 4 is 17.3 Å². The average Bonchev–Trinajstić information content (AvgIpc) is 2.45. The Morgan fingerprint density at radius 2 is 2.29 bits per heavy atom. The molecule has 0 aliphatic carbocycles. The zero-order valence-corrected chi connectivity index (χ0v) is 9.35. The molecule has 4 heteroatoms. The molecule has 0 saturated carbocycles. The van der Waals surface area contributed by atoms with Crippen molar-refractivity contribution in [1.29, 1.82) is 0 Å². The van der Waals surface area contributed by atoms with Gasteiger partial charge < -0.3 is 9.84 Å². The van der Waals surface area contributed by atoms with Crippen molar-refractivity contribution in [3.63, 3.8) is 0 Å². The molecule has 1 aromatic rings. The fraction of sp³-hybridized carbons (Fsp3) is 0.500. The minimum Gasteiger partial charge on any atom is -0.469 e. The molecule has 0 aromatic carbocycles. The third-order valence-corrected chi connectivity index (χ3v) is 3.01. The lowest BCUT2D eigenvalue weighted by Gasteiger charge is -2.08. The Morgan fingerprint density at radius 1 is 1.64 bits per heavy atom. The minimum atomic E-state index is -0.743. The summed E-state index contributed by atoms with van der Waals surface area (Å²) in [6, 6.07) is 1.91. The third kappa shape index (κ3) is 2.56. The summed E-state index contributed by atoms with van der Waals surface area (Å²) < 4.78 is 4.49. The number of hydrogen-bond acceptors (Lipinski definition) is 4. The zero-order chi connectivity index (χ0) is 10.7. The van der Waals surface area contributed by atoms with Crippen molar-refractivity contribution in [3.8, 4) is 0 Å². The standard InChI is InChI=1S/C10H14O3S/c1-6-4-8(7(2)14-6)9(11)5-10(12)13-3/h4,9,11H,5H2,1-3H3. The molecule has 0 spiro atoms. The maximum atomic E-state index is 10.9. The number of rotatable bonds is 3. The van der Waals surface area contributed by atoms with E-state index in [4.69, 9.17) is 0 Å². The fourth-order valence-corrected chi connectivity index (χ4v) is 2.31. The van der Waals surface area contributed by atoms with Crippen LogP contribution in [0.15, 0.2) is 6.07 Å². The molecule has 1 atom stereocenters. The number of ether oxygens (including phenoxy) is 1. The lowest BCUT2D eigenvalue weighted by Crippen LogP contribution is -2.08. The smallest absolute Gasteiger partial charge is 0.308 e. The van der Waals surface area contributed by atoms with Gasteiger partial charge in [-0.25, -0.2) is 0 Å². The maximum absolute atomic E-state index is 10.9. The molecule has 0 amide bonds. The van der Waals surface area contributed by atoms with Crippen LogP contribution >= 0.6 is 11.3 Å². The summed E-state index contributed by atoms with van der Waals surface area (Å²) in [5.41, 5.74) is 0.831. The third-order valence-electron chi connectivity index (χ3n) is 2.03. The largest absolute Gasteiger partial charge is 0.469 e. The van der Waals surface area contributed by atoms with Crippen LogP contribution in [0.3, 0.4) is 0 Å². The van der Waals surface area contributed by atoms with Gasteiger partial charge in [0.25, 0.3) is 0 Å². The second kappa shape index (κ2) is 4.57. The van der Waals surface area contributed by atoms with Gasteiger partial charge in [0.2, 0.25) is 0 Å². The Hall–Kier alpha value is -0.870. The highest BCUT2D eigenvalue weighted by Crippen LogP contribution is 2.28. The molecule has 1 N–H and O–H groups in total. The van der Waals surface area contributed by atoms with E-state index in [2.05, 4.69) is 4.74 Å². The normalized spacial score (nSPS) is 12.6. The SMILES string of the molecule is COC(=O)CC(O)c1cc(C)sc1C. The van der Waals surface area contributed by atoms with Gasteiger partial charge in [-0.3, -0.25) is 4.79 Å². The van der Waals surface area contributed by atoms with E-state index in [0.717, 1.165) is 15.3 Å². The number of methoxy groups -OCH3 is 1. The molecular formula is C10H14O3S. The molecule has 0 aliphatic rings. The summed E-state index contributed by atoms with van der Waals surface area (Å²) in [5, 5.41) is 9.72. The van der Waals surface area contributed by atoms with Gasteiger partial charge >= 0.3 is 5.97 Å². The topological polar surface area (TPSA) is 46.5 Å². The number of aliphatic hydroxyl groups excluding tert-OH is 1. The highest BCUT2D eigenvalue weighted by molar-refractivity contribution is 7.12. The Bertz CT molecular complexity index is 330. The number of carbonyl (C=O) groups is 1. The summed E-state index contributed by atoms with van der Waals surface area (Å²) in [6.45, 7) is 3.92. The summed E-state index contributed by atoms with van der Waals surface area (Å²) >= 11 is 1.62. The quantitative estimate of drug-likeness (QED) is 0.782. The van der Waals surface area contributed by atoms with Crippen molar-refractivity contribution in [2.24, 2.45) is 0 Å². The Morgan fingerprint density at radius 3 is 2.71 bits per heavy atom. The number of carbonyl (C=O) groups excluding carboxylic acids is 1. The number of thiophene rings is 1. The summed E-state index contributed by atoms with van der Waals surface area (Å²) in [5.74, 6) is -0.388.